The Bertz CT molecular complexity index is 783. The molecule has 142 valence electrons. The fraction of sp³-hybridized carbons (Fsp3) is 0.364. The third-order valence-electron chi connectivity index (χ3n) is 5.13. The summed E-state index contributed by atoms with van der Waals surface area (Å²) >= 11 is 0. The molecule has 3 rings (SSSR count). The van der Waals surface area contributed by atoms with Gasteiger partial charge in [0.2, 0.25) is 0 Å². The summed E-state index contributed by atoms with van der Waals surface area (Å²) in [6.45, 7) is 2.42. The smallest absolute Gasteiger partial charge is 0.322 e. The summed E-state index contributed by atoms with van der Waals surface area (Å²) in [5.74, 6) is 0.578. The van der Waals surface area contributed by atoms with E-state index in [2.05, 4.69) is 34.9 Å². The number of carbonyl (C=O) groups is 2. The van der Waals surface area contributed by atoms with Crippen molar-refractivity contribution in [3.8, 4) is 0 Å². The highest BCUT2D eigenvalue weighted by molar-refractivity contribution is 5.97. The summed E-state index contributed by atoms with van der Waals surface area (Å²) in [7, 11) is 1.72. The molecule has 0 spiro atoms. The summed E-state index contributed by atoms with van der Waals surface area (Å²) < 4.78 is 0. The molecule has 5 heteroatoms. The number of Topliss-reactive ketones (excluding diaryl/α,β-unsaturated/α-hetero) is 1. The summed E-state index contributed by atoms with van der Waals surface area (Å²) in [6.07, 6.45) is 3.02. The number of benzene rings is 2. The van der Waals surface area contributed by atoms with E-state index in [9.17, 15) is 9.59 Å². The van der Waals surface area contributed by atoms with E-state index in [1.807, 2.05) is 12.1 Å². The highest BCUT2D eigenvalue weighted by atomic mass is 16.2. The maximum absolute atomic E-state index is 12.6. The number of rotatable bonds is 5. The van der Waals surface area contributed by atoms with Gasteiger partial charge in [-0.05, 0) is 49.8 Å². The first-order chi connectivity index (χ1) is 13.0. The Morgan fingerprint density at radius 2 is 1.89 bits per heavy atom. The van der Waals surface area contributed by atoms with Crippen LogP contribution in [0.5, 0.6) is 0 Å². The predicted molar refractivity (Wildman–Crippen MR) is 108 cm³/mol. The average Bonchev–Trinajstić information content (AvgIpc) is 2.69. The molecule has 2 amide bonds. The molecule has 0 aliphatic carbocycles. The fourth-order valence-corrected chi connectivity index (χ4v) is 3.46. The molecule has 2 aromatic rings. The van der Waals surface area contributed by atoms with Crippen molar-refractivity contribution in [2.24, 2.45) is 5.92 Å². The van der Waals surface area contributed by atoms with Crippen molar-refractivity contribution in [3.63, 3.8) is 0 Å². The van der Waals surface area contributed by atoms with Crippen LogP contribution in [0.2, 0.25) is 0 Å². The molecule has 0 aromatic heterocycles. The summed E-state index contributed by atoms with van der Waals surface area (Å²) in [5.41, 5.74) is 2.67. The van der Waals surface area contributed by atoms with E-state index < -0.39 is 0 Å². The number of hydrogen-bond donors (Lipinski definition) is 2. The van der Waals surface area contributed by atoms with Crippen LogP contribution in [0.3, 0.4) is 0 Å². The van der Waals surface area contributed by atoms with E-state index >= 15 is 0 Å². The van der Waals surface area contributed by atoms with Crippen LogP contribution in [-0.4, -0.2) is 31.6 Å². The van der Waals surface area contributed by atoms with Crippen LogP contribution in [0.4, 0.5) is 10.5 Å². The minimum atomic E-state index is -0.172. The zero-order valence-corrected chi connectivity index (χ0v) is 15.9. The summed E-state index contributed by atoms with van der Waals surface area (Å²) in [4.78, 5) is 25.6. The second kappa shape index (κ2) is 8.82. The van der Waals surface area contributed by atoms with E-state index in [1.54, 1.807) is 30.1 Å². The third kappa shape index (κ3) is 5.17. The number of ketones is 1. The molecular formula is C22H27N3O2. The number of nitrogens with one attached hydrogen (secondary N) is 2. The van der Waals surface area contributed by atoms with E-state index in [4.69, 9.17) is 0 Å². The lowest BCUT2D eigenvalue weighted by atomic mass is 9.91. The lowest BCUT2D eigenvalue weighted by Gasteiger charge is -2.32. The van der Waals surface area contributed by atoms with Gasteiger partial charge in [0.1, 0.15) is 0 Å². The Morgan fingerprint density at radius 3 is 2.56 bits per heavy atom. The first kappa shape index (κ1) is 19.1. The highest BCUT2D eigenvalue weighted by Crippen LogP contribution is 2.19. The van der Waals surface area contributed by atoms with Crippen LogP contribution < -0.4 is 15.5 Å². The van der Waals surface area contributed by atoms with Gasteiger partial charge in [-0.1, -0.05) is 42.5 Å². The zero-order chi connectivity index (χ0) is 19.2. The molecule has 2 aromatic carbocycles. The minimum Gasteiger partial charge on any atom is -0.322 e. The lowest BCUT2D eigenvalue weighted by Crippen LogP contribution is -2.53. The summed E-state index contributed by atoms with van der Waals surface area (Å²) in [5, 5.41) is 6.48. The van der Waals surface area contributed by atoms with Crippen LogP contribution >= 0.6 is 0 Å². The Labute approximate surface area is 160 Å². The van der Waals surface area contributed by atoms with E-state index in [0.29, 0.717) is 17.2 Å². The van der Waals surface area contributed by atoms with E-state index in [0.717, 1.165) is 25.8 Å². The first-order valence-electron chi connectivity index (χ1n) is 9.45. The minimum absolute atomic E-state index is 0.0101. The number of amides is 2. The maximum atomic E-state index is 12.6. The van der Waals surface area contributed by atoms with Crippen molar-refractivity contribution in [1.29, 1.82) is 0 Å². The number of piperidine rings is 1. The van der Waals surface area contributed by atoms with Crippen molar-refractivity contribution < 1.29 is 9.59 Å². The number of hydrogen-bond acceptors (Lipinski definition) is 3. The van der Waals surface area contributed by atoms with Crippen molar-refractivity contribution in [2.75, 3.05) is 18.5 Å². The lowest BCUT2D eigenvalue weighted by molar-refractivity contribution is 0.101. The van der Waals surface area contributed by atoms with Gasteiger partial charge in [0.15, 0.2) is 5.78 Å². The molecule has 27 heavy (non-hydrogen) atoms. The molecule has 5 nitrogen and oxygen atoms in total. The van der Waals surface area contributed by atoms with Crippen LogP contribution in [0, 0.1) is 5.92 Å². The van der Waals surface area contributed by atoms with Gasteiger partial charge in [-0.25, -0.2) is 4.79 Å². The monoisotopic (exact) mass is 365 g/mol. The Kier molecular flexibility index (Phi) is 6.24. The molecule has 1 aliphatic rings. The van der Waals surface area contributed by atoms with Gasteiger partial charge in [0.05, 0.1) is 6.17 Å². The van der Waals surface area contributed by atoms with Gasteiger partial charge < -0.3 is 5.32 Å². The first-order valence-corrected chi connectivity index (χ1v) is 9.45. The molecule has 1 aliphatic heterocycles. The van der Waals surface area contributed by atoms with Crippen LogP contribution in [0.25, 0.3) is 0 Å². The van der Waals surface area contributed by atoms with Gasteiger partial charge >= 0.3 is 6.03 Å². The number of carbonyl (C=O) groups excluding carboxylic acids is 2. The third-order valence-corrected chi connectivity index (χ3v) is 5.13. The standard InChI is InChI=1S/C22H27N3O2/c1-16(26)19-9-6-10-20(14-19)25(2)22(27)24-21-12-11-18(15-23-21)13-17-7-4-3-5-8-17/h3-10,14,18,21,23H,11-13,15H2,1-2H3,(H,24,27)/t18-,21+/m1/s1. The molecular weight excluding hydrogens is 338 g/mol. The second-order valence-electron chi connectivity index (χ2n) is 7.21. The molecule has 2 atom stereocenters. The molecule has 0 bridgehead atoms. The Balaban J connectivity index is 1.50. The second-order valence-corrected chi connectivity index (χ2v) is 7.21. The zero-order valence-electron chi connectivity index (χ0n) is 15.9. The van der Waals surface area contributed by atoms with Crippen LogP contribution in [-0.2, 0) is 6.42 Å². The van der Waals surface area contributed by atoms with E-state index in [-0.39, 0.29) is 18.0 Å². The highest BCUT2D eigenvalue weighted by Gasteiger charge is 2.23. The van der Waals surface area contributed by atoms with Crippen molar-refractivity contribution in [3.05, 3.63) is 65.7 Å². The van der Waals surface area contributed by atoms with Gasteiger partial charge in [-0.3, -0.25) is 15.0 Å². The predicted octanol–water partition coefficient (Wildman–Crippen LogP) is 3.60. The average molecular weight is 365 g/mol. The summed E-state index contributed by atoms with van der Waals surface area (Å²) in [6, 6.07) is 17.5. The van der Waals surface area contributed by atoms with Gasteiger partial charge in [-0.2, -0.15) is 0 Å². The maximum Gasteiger partial charge on any atom is 0.322 e. The normalized spacial score (nSPS) is 19.3. The molecule has 1 saturated heterocycles. The van der Waals surface area contributed by atoms with Gasteiger partial charge in [0, 0.05) is 24.8 Å². The largest absolute Gasteiger partial charge is 0.322 e. The van der Waals surface area contributed by atoms with Crippen molar-refractivity contribution >= 4 is 17.5 Å². The fourth-order valence-electron chi connectivity index (χ4n) is 3.46. The van der Waals surface area contributed by atoms with Gasteiger partial charge in [-0.15, -0.1) is 0 Å². The van der Waals surface area contributed by atoms with Crippen LogP contribution in [0.15, 0.2) is 54.6 Å². The molecule has 1 fully saturated rings. The quantitative estimate of drug-likeness (QED) is 0.796. The molecule has 1 heterocycles. The molecule has 2 N–H and O–H groups in total. The SMILES string of the molecule is CC(=O)c1cccc(N(C)C(=O)N[C@H]2CC[C@H](Cc3ccccc3)CN2)c1. The van der Waals surface area contributed by atoms with Crippen molar-refractivity contribution in [2.45, 2.75) is 32.4 Å². The van der Waals surface area contributed by atoms with Crippen molar-refractivity contribution in [1.82, 2.24) is 10.6 Å². The number of nitrogens with zero attached hydrogens (tertiary/aromatic N) is 1. The molecule has 0 saturated carbocycles. The Morgan fingerprint density at radius 1 is 1.11 bits per heavy atom. The van der Waals surface area contributed by atoms with Gasteiger partial charge in [0.25, 0.3) is 0 Å². The number of anilines is 1. The number of urea groups is 1. The molecule has 0 radical (unpaired) electrons. The Hall–Kier alpha value is -2.66. The molecule has 0 unspecified atom stereocenters. The topological polar surface area (TPSA) is 61.4 Å². The van der Waals surface area contributed by atoms with Crippen LogP contribution in [0.1, 0.15) is 35.7 Å². The van der Waals surface area contributed by atoms with E-state index in [1.165, 1.54) is 12.5 Å².